The van der Waals surface area contributed by atoms with Gasteiger partial charge < -0.3 is 4.98 Å². The van der Waals surface area contributed by atoms with Crippen molar-refractivity contribution in [3.05, 3.63) is 73.7 Å². The first-order chi connectivity index (χ1) is 9.08. The minimum Gasteiger partial charge on any atom is -0.317 e. The first kappa shape index (κ1) is 12.8. The van der Waals surface area contributed by atoms with Crippen LogP contribution in [0.15, 0.2) is 41.2 Å². The van der Waals surface area contributed by atoms with Gasteiger partial charge in [0.2, 0.25) is 0 Å². The van der Waals surface area contributed by atoms with Crippen molar-refractivity contribution in [2.24, 2.45) is 0 Å². The molecule has 0 amide bonds. The zero-order valence-electron chi connectivity index (χ0n) is 10.3. The molecule has 1 aromatic heterocycles. The van der Waals surface area contributed by atoms with Gasteiger partial charge in [-0.25, -0.2) is 0 Å². The first-order valence-corrected chi connectivity index (χ1v) is 5.69. The summed E-state index contributed by atoms with van der Waals surface area (Å²) in [6.45, 7) is 1.54. The molecule has 0 aliphatic heterocycles. The quantitative estimate of drug-likeness (QED) is 0.677. The van der Waals surface area contributed by atoms with E-state index < -0.39 is 4.92 Å². The van der Waals surface area contributed by atoms with Crippen molar-refractivity contribution in [2.45, 2.75) is 6.92 Å². The smallest absolute Gasteiger partial charge is 0.293 e. The van der Waals surface area contributed by atoms with E-state index in [0.717, 1.165) is 5.56 Å². The number of rotatable bonds is 3. The molecule has 0 fully saturated rings. The summed E-state index contributed by atoms with van der Waals surface area (Å²) in [5.74, 6) is 0. The van der Waals surface area contributed by atoms with Gasteiger partial charge in [-0.1, -0.05) is 36.4 Å². The minimum atomic E-state index is -0.506. The van der Waals surface area contributed by atoms with E-state index in [1.54, 1.807) is 6.08 Å². The number of aromatic nitrogens is 1. The van der Waals surface area contributed by atoms with E-state index >= 15 is 0 Å². The fourth-order valence-electron chi connectivity index (χ4n) is 1.66. The van der Waals surface area contributed by atoms with Gasteiger partial charge in [-0.3, -0.25) is 14.9 Å². The van der Waals surface area contributed by atoms with Crippen molar-refractivity contribution in [1.82, 2.24) is 4.98 Å². The van der Waals surface area contributed by atoms with E-state index in [1.165, 1.54) is 19.1 Å². The maximum Gasteiger partial charge on any atom is 0.293 e. The molecule has 0 saturated carbocycles. The normalized spacial score (nSPS) is 10.8. The number of aryl methyl sites for hydroxylation is 1. The van der Waals surface area contributed by atoms with Crippen molar-refractivity contribution < 1.29 is 4.92 Å². The predicted octanol–water partition coefficient (Wildman–Crippen LogP) is 2.76. The molecule has 2 rings (SSSR count). The molecule has 2 aromatic rings. The molecule has 96 valence electrons. The lowest BCUT2D eigenvalue weighted by molar-refractivity contribution is -0.385. The zero-order chi connectivity index (χ0) is 13.8. The molecule has 0 bridgehead atoms. The second kappa shape index (κ2) is 5.30. The van der Waals surface area contributed by atoms with Gasteiger partial charge in [0.1, 0.15) is 5.69 Å². The van der Waals surface area contributed by atoms with Crippen molar-refractivity contribution >= 4 is 17.8 Å². The minimum absolute atomic E-state index is 0.107. The summed E-state index contributed by atoms with van der Waals surface area (Å²) in [7, 11) is 0. The third kappa shape index (κ3) is 2.95. The standard InChI is InChI=1S/C14H12N2O3/c1-10-9-13(16(18)19)12(15-14(10)17)8-7-11-5-3-2-4-6-11/h2-9H,1H3,(H,15,17)/b8-7+. The van der Waals surface area contributed by atoms with E-state index in [1.807, 2.05) is 30.3 Å². The second-order valence-corrected chi connectivity index (χ2v) is 4.08. The van der Waals surface area contributed by atoms with E-state index in [9.17, 15) is 14.9 Å². The van der Waals surface area contributed by atoms with Gasteiger partial charge in [-0.05, 0) is 18.6 Å². The monoisotopic (exact) mass is 256 g/mol. The molecule has 1 aromatic carbocycles. The molecular formula is C14H12N2O3. The van der Waals surface area contributed by atoms with Crippen LogP contribution >= 0.6 is 0 Å². The fraction of sp³-hybridized carbons (Fsp3) is 0.0714. The topological polar surface area (TPSA) is 76.0 Å². The lowest BCUT2D eigenvalue weighted by atomic mass is 10.1. The van der Waals surface area contributed by atoms with Crippen molar-refractivity contribution in [2.75, 3.05) is 0 Å². The zero-order valence-corrected chi connectivity index (χ0v) is 10.3. The molecule has 0 aliphatic carbocycles. The summed E-state index contributed by atoms with van der Waals surface area (Å²) in [4.78, 5) is 24.5. The van der Waals surface area contributed by atoms with Crippen molar-refractivity contribution in [1.29, 1.82) is 0 Å². The highest BCUT2D eigenvalue weighted by Crippen LogP contribution is 2.18. The van der Waals surface area contributed by atoms with Crippen LogP contribution in [0, 0.1) is 17.0 Å². The maximum atomic E-state index is 11.5. The molecule has 0 aliphatic rings. The molecule has 5 heteroatoms. The van der Waals surface area contributed by atoms with Crippen LogP contribution in [0.4, 0.5) is 5.69 Å². The Balaban J connectivity index is 2.45. The van der Waals surface area contributed by atoms with Crippen LogP contribution in [0.5, 0.6) is 0 Å². The Morgan fingerprint density at radius 3 is 2.53 bits per heavy atom. The van der Waals surface area contributed by atoms with Crippen LogP contribution in [0.2, 0.25) is 0 Å². The molecule has 1 N–H and O–H groups in total. The Bertz CT molecular complexity index is 688. The highest BCUT2D eigenvalue weighted by atomic mass is 16.6. The Morgan fingerprint density at radius 2 is 1.89 bits per heavy atom. The number of hydrogen-bond donors (Lipinski definition) is 1. The number of benzene rings is 1. The number of nitrogens with zero attached hydrogens (tertiary/aromatic N) is 1. The first-order valence-electron chi connectivity index (χ1n) is 5.69. The third-order valence-corrected chi connectivity index (χ3v) is 2.67. The Kier molecular flexibility index (Phi) is 3.56. The summed E-state index contributed by atoms with van der Waals surface area (Å²) in [5.41, 5.74) is 0.994. The molecule has 1 heterocycles. The van der Waals surface area contributed by atoms with Crippen LogP contribution in [0.1, 0.15) is 16.8 Å². The predicted molar refractivity (Wildman–Crippen MR) is 73.8 cm³/mol. The van der Waals surface area contributed by atoms with Crippen molar-refractivity contribution in [3.63, 3.8) is 0 Å². The molecule has 5 nitrogen and oxygen atoms in total. The van der Waals surface area contributed by atoms with Crippen LogP contribution < -0.4 is 5.56 Å². The largest absolute Gasteiger partial charge is 0.317 e. The molecule has 0 atom stereocenters. The molecule has 19 heavy (non-hydrogen) atoms. The molecule has 0 spiro atoms. The summed E-state index contributed by atoms with van der Waals surface area (Å²) in [6, 6.07) is 10.6. The van der Waals surface area contributed by atoms with Gasteiger partial charge in [0, 0.05) is 11.6 Å². The summed E-state index contributed by atoms with van der Waals surface area (Å²) >= 11 is 0. The van der Waals surface area contributed by atoms with Gasteiger partial charge in [-0.2, -0.15) is 0 Å². The van der Waals surface area contributed by atoms with Crippen LogP contribution in [-0.4, -0.2) is 9.91 Å². The number of nitrogens with one attached hydrogen (secondary N) is 1. The van der Waals surface area contributed by atoms with Crippen molar-refractivity contribution in [3.8, 4) is 0 Å². The summed E-state index contributed by atoms with van der Waals surface area (Å²) in [5, 5.41) is 10.9. The summed E-state index contributed by atoms with van der Waals surface area (Å²) in [6.07, 6.45) is 3.25. The van der Waals surface area contributed by atoms with E-state index in [2.05, 4.69) is 4.98 Å². The Labute approximate surface area is 109 Å². The average molecular weight is 256 g/mol. The maximum absolute atomic E-state index is 11.5. The van der Waals surface area contributed by atoms with Crippen LogP contribution in [0.25, 0.3) is 12.2 Å². The average Bonchev–Trinajstić information content (AvgIpc) is 2.40. The number of aromatic amines is 1. The molecule has 0 radical (unpaired) electrons. The number of H-pyrrole nitrogens is 1. The van der Waals surface area contributed by atoms with Gasteiger partial charge in [0.05, 0.1) is 4.92 Å². The molecule has 0 saturated heterocycles. The fourth-order valence-corrected chi connectivity index (χ4v) is 1.66. The van der Waals surface area contributed by atoms with E-state index in [4.69, 9.17) is 0 Å². The lowest BCUT2D eigenvalue weighted by Crippen LogP contribution is -2.12. The van der Waals surface area contributed by atoms with E-state index in [-0.39, 0.29) is 16.9 Å². The molecular weight excluding hydrogens is 244 g/mol. The number of hydrogen-bond acceptors (Lipinski definition) is 3. The SMILES string of the molecule is Cc1cc([N+](=O)[O-])c(/C=C/c2ccccc2)[nH]c1=O. The summed E-state index contributed by atoms with van der Waals surface area (Å²) < 4.78 is 0. The second-order valence-electron chi connectivity index (χ2n) is 4.08. The Hall–Kier alpha value is -2.69. The lowest BCUT2D eigenvalue weighted by Gasteiger charge is -1.99. The highest BCUT2D eigenvalue weighted by Gasteiger charge is 2.13. The van der Waals surface area contributed by atoms with Gasteiger partial charge in [-0.15, -0.1) is 0 Å². The third-order valence-electron chi connectivity index (χ3n) is 2.67. The number of pyridine rings is 1. The van der Waals surface area contributed by atoms with E-state index in [0.29, 0.717) is 5.56 Å². The highest BCUT2D eigenvalue weighted by molar-refractivity contribution is 5.72. The van der Waals surface area contributed by atoms with Gasteiger partial charge in [0.15, 0.2) is 0 Å². The van der Waals surface area contributed by atoms with Crippen LogP contribution in [-0.2, 0) is 0 Å². The van der Waals surface area contributed by atoms with Gasteiger partial charge >= 0.3 is 0 Å². The van der Waals surface area contributed by atoms with Gasteiger partial charge in [0.25, 0.3) is 11.2 Å². The van der Waals surface area contributed by atoms with Crippen LogP contribution in [0.3, 0.4) is 0 Å². The molecule has 0 unspecified atom stereocenters. The Morgan fingerprint density at radius 1 is 1.21 bits per heavy atom. The number of nitro groups is 1.